The van der Waals surface area contributed by atoms with E-state index < -0.39 is 24.2 Å². The number of carbonyl (C=O) groups excluding carboxylic acids is 1. The average Bonchev–Trinajstić information content (AvgIpc) is 2.12. The molecule has 0 aromatic rings. The number of hydrogen-bond donors (Lipinski definition) is 2. The van der Waals surface area contributed by atoms with Crippen LogP contribution >= 0.6 is 0 Å². The maximum atomic E-state index is 12.1. The lowest BCUT2D eigenvalue weighted by Crippen LogP contribution is -2.55. The molecule has 1 amide bonds. The predicted molar refractivity (Wildman–Crippen MR) is 68.7 cm³/mol. The van der Waals surface area contributed by atoms with E-state index in [1.54, 1.807) is 6.92 Å². The number of nitrogens with zero attached hydrogens (tertiary/aromatic N) is 1. The number of alkyl halides is 3. The van der Waals surface area contributed by atoms with Crippen LogP contribution in [0.5, 0.6) is 0 Å². The lowest BCUT2D eigenvalue weighted by atomic mass is 9.94. The van der Waals surface area contributed by atoms with Gasteiger partial charge in [0.05, 0.1) is 12.1 Å². The molecule has 0 radical (unpaired) electrons. The highest BCUT2D eigenvalue weighted by molar-refractivity contribution is 5.84. The van der Waals surface area contributed by atoms with Gasteiger partial charge in [-0.25, -0.2) is 0 Å². The highest BCUT2D eigenvalue weighted by Crippen LogP contribution is 2.17. The Kier molecular flexibility index (Phi) is 6.79. The Hall–Kier alpha value is -0.820. The van der Waals surface area contributed by atoms with Crippen molar-refractivity contribution in [1.82, 2.24) is 10.2 Å². The maximum absolute atomic E-state index is 12.1. The summed E-state index contributed by atoms with van der Waals surface area (Å²) in [4.78, 5) is 12.6. The van der Waals surface area contributed by atoms with Crippen LogP contribution in [0.4, 0.5) is 13.2 Å². The molecule has 0 aromatic carbocycles. The quantitative estimate of drug-likeness (QED) is 0.710. The van der Waals surface area contributed by atoms with Crippen LogP contribution in [0.3, 0.4) is 0 Å². The zero-order chi connectivity index (χ0) is 15.3. The van der Waals surface area contributed by atoms with Crippen molar-refractivity contribution in [2.75, 3.05) is 20.1 Å². The van der Waals surface area contributed by atoms with Gasteiger partial charge < -0.3 is 11.1 Å². The van der Waals surface area contributed by atoms with Crippen molar-refractivity contribution in [3.63, 3.8) is 0 Å². The van der Waals surface area contributed by atoms with Crippen LogP contribution in [0.15, 0.2) is 0 Å². The van der Waals surface area contributed by atoms with Gasteiger partial charge in [0.2, 0.25) is 5.91 Å². The van der Waals surface area contributed by atoms with Crippen LogP contribution in [-0.4, -0.2) is 48.7 Å². The number of rotatable bonds is 8. The molecule has 1 atom stereocenters. The topological polar surface area (TPSA) is 58.4 Å². The van der Waals surface area contributed by atoms with Crippen molar-refractivity contribution in [2.45, 2.75) is 51.4 Å². The first-order valence-electron chi connectivity index (χ1n) is 6.29. The summed E-state index contributed by atoms with van der Waals surface area (Å²) in [6.07, 6.45) is -3.33. The highest BCUT2D eigenvalue weighted by Gasteiger charge is 2.32. The Bertz CT molecular complexity index is 294. The lowest BCUT2D eigenvalue weighted by Gasteiger charge is -2.30. The second-order valence-electron chi connectivity index (χ2n) is 5.45. The summed E-state index contributed by atoms with van der Waals surface area (Å²) in [6.45, 7) is 4.77. The van der Waals surface area contributed by atoms with Gasteiger partial charge >= 0.3 is 6.18 Å². The Morgan fingerprint density at radius 1 is 1.37 bits per heavy atom. The summed E-state index contributed by atoms with van der Waals surface area (Å²) in [6, 6.07) is 0.0744. The Balaban J connectivity index is 4.24. The zero-order valence-electron chi connectivity index (χ0n) is 12.0. The monoisotopic (exact) mass is 283 g/mol. The summed E-state index contributed by atoms with van der Waals surface area (Å²) in [5.41, 5.74) is 4.46. The van der Waals surface area contributed by atoms with E-state index in [1.165, 1.54) is 11.9 Å². The van der Waals surface area contributed by atoms with Crippen molar-refractivity contribution in [1.29, 1.82) is 0 Å². The summed E-state index contributed by atoms with van der Waals surface area (Å²) in [5, 5.41) is 3.06. The molecule has 19 heavy (non-hydrogen) atoms. The molecule has 0 fully saturated rings. The SMILES string of the molecule is CC(C)NC(C)(CCCN(C)CC(F)(F)F)C(N)=O. The van der Waals surface area contributed by atoms with Crippen molar-refractivity contribution in [3.8, 4) is 0 Å². The smallest absolute Gasteiger partial charge is 0.368 e. The third-order valence-corrected chi connectivity index (χ3v) is 2.82. The second kappa shape index (κ2) is 7.09. The number of hydrogen-bond acceptors (Lipinski definition) is 3. The van der Waals surface area contributed by atoms with Gasteiger partial charge in [0.1, 0.15) is 0 Å². The Morgan fingerprint density at radius 3 is 2.26 bits per heavy atom. The van der Waals surface area contributed by atoms with Crippen LogP contribution < -0.4 is 11.1 Å². The minimum atomic E-state index is -4.20. The fourth-order valence-corrected chi connectivity index (χ4v) is 1.99. The largest absolute Gasteiger partial charge is 0.401 e. The fourth-order valence-electron chi connectivity index (χ4n) is 1.99. The molecule has 1 unspecified atom stereocenters. The van der Waals surface area contributed by atoms with Crippen LogP contribution in [0.1, 0.15) is 33.6 Å². The van der Waals surface area contributed by atoms with E-state index >= 15 is 0 Å². The Morgan fingerprint density at radius 2 is 1.89 bits per heavy atom. The molecule has 4 nitrogen and oxygen atoms in total. The van der Waals surface area contributed by atoms with Crippen molar-refractivity contribution in [3.05, 3.63) is 0 Å². The van der Waals surface area contributed by atoms with Crippen LogP contribution in [0.25, 0.3) is 0 Å². The van der Waals surface area contributed by atoms with E-state index in [2.05, 4.69) is 5.32 Å². The maximum Gasteiger partial charge on any atom is 0.401 e. The lowest BCUT2D eigenvalue weighted by molar-refractivity contribution is -0.143. The van der Waals surface area contributed by atoms with Gasteiger partial charge in [-0.2, -0.15) is 13.2 Å². The van der Waals surface area contributed by atoms with Gasteiger partial charge in [-0.3, -0.25) is 9.69 Å². The fraction of sp³-hybridized carbons (Fsp3) is 0.917. The first-order valence-corrected chi connectivity index (χ1v) is 6.29. The van der Waals surface area contributed by atoms with E-state index in [-0.39, 0.29) is 12.6 Å². The molecule has 0 aliphatic rings. The predicted octanol–water partition coefficient (Wildman–Crippen LogP) is 1.50. The molecule has 0 aromatic heterocycles. The molecule has 0 heterocycles. The van der Waals surface area contributed by atoms with E-state index in [9.17, 15) is 18.0 Å². The summed E-state index contributed by atoms with van der Waals surface area (Å²) < 4.78 is 36.4. The molecule has 0 saturated heterocycles. The molecule has 3 N–H and O–H groups in total. The van der Waals surface area contributed by atoms with Gasteiger partial charge in [0.25, 0.3) is 0 Å². The zero-order valence-corrected chi connectivity index (χ0v) is 12.0. The van der Waals surface area contributed by atoms with Crippen LogP contribution in [0, 0.1) is 0 Å². The van der Waals surface area contributed by atoms with Gasteiger partial charge in [0.15, 0.2) is 0 Å². The normalized spacial score (nSPS) is 15.8. The van der Waals surface area contributed by atoms with Crippen molar-refractivity contribution in [2.24, 2.45) is 5.73 Å². The standard InChI is InChI=1S/C12H24F3N3O/c1-9(2)17-11(3,10(16)19)6-5-7-18(4)8-12(13,14)15/h9,17H,5-8H2,1-4H3,(H2,16,19). The van der Waals surface area contributed by atoms with Gasteiger partial charge in [-0.15, -0.1) is 0 Å². The van der Waals surface area contributed by atoms with E-state index in [4.69, 9.17) is 5.73 Å². The molecule has 0 rings (SSSR count). The van der Waals surface area contributed by atoms with E-state index in [1.807, 2.05) is 13.8 Å². The van der Waals surface area contributed by atoms with Gasteiger partial charge in [-0.1, -0.05) is 0 Å². The van der Waals surface area contributed by atoms with Gasteiger partial charge in [0, 0.05) is 6.04 Å². The number of primary amides is 1. The molecular formula is C12H24F3N3O. The van der Waals surface area contributed by atoms with Crippen molar-refractivity contribution < 1.29 is 18.0 Å². The molecule has 7 heteroatoms. The number of nitrogens with one attached hydrogen (secondary N) is 1. The number of nitrogens with two attached hydrogens (primary N) is 1. The molecule has 114 valence electrons. The molecule has 0 aliphatic carbocycles. The second-order valence-corrected chi connectivity index (χ2v) is 5.45. The van der Waals surface area contributed by atoms with Crippen LogP contribution in [-0.2, 0) is 4.79 Å². The number of amides is 1. The molecule has 0 aliphatic heterocycles. The van der Waals surface area contributed by atoms with E-state index in [0.29, 0.717) is 12.8 Å². The molecule has 0 bridgehead atoms. The van der Waals surface area contributed by atoms with Crippen LogP contribution in [0.2, 0.25) is 0 Å². The van der Waals surface area contributed by atoms with E-state index in [0.717, 1.165) is 0 Å². The summed E-state index contributed by atoms with van der Waals surface area (Å²) >= 11 is 0. The van der Waals surface area contributed by atoms with Gasteiger partial charge in [-0.05, 0) is 47.2 Å². The minimum Gasteiger partial charge on any atom is -0.368 e. The molecular weight excluding hydrogens is 259 g/mol. The number of halogens is 3. The molecule has 0 spiro atoms. The average molecular weight is 283 g/mol. The highest BCUT2D eigenvalue weighted by atomic mass is 19.4. The summed E-state index contributed by atoms with van der Waals surface area (Å²) in [7, 11) is 1.41. The number of carbonyl (C=O) groups is 1. The third-order valence-electron chi connectivity index (χ3n) is 2.82. The molecule has 0 saturated carbocycles. The van der Waals surface area contributed by atoms with Crippen molar-refractivity contribution >= 4 is 5.91 Å². The summed E-state index contributed by atoms with van der Waals surface area (Å²) in [5.74, 6) is -0.486. The first kappa shape index (κ1) is 18.2. The third kappa shape index (κ3) is 8.05. The Labute approximate surface area is 112 Å². The minimum absolute atomic E-state index is 0.0744. The first-order chi connectivity index (χ1) is 8.46.